The van der Waals surface area contributed by atoms with Crippen molar-refractivity contribution in [1.82, 2.24) is 0 Å². The van der Waals surface area contributed by atoms with Crippen LogP contribution in [-0.2, 0) is 11.3 Å². The minimum absolute atomic E-state index is 0.0796. The van der Waals surface area contributed by atoms with Gasteiger partial charge in [-0.3, -0.25) is 9.79 Å². The topological polar surface area (TPSA) is 32.7 Å². The molecule has 0 unspecified atom stereocenters. The smallest absolute Gasteiger partial charge is 0.229 e. The molecular formula is C24H21ClN2O. The standard InChI is InChI=1S/C24H21ClN2O/c1-17-7-12-22-21(15-17)24(19-5-3-2-4-6-19)26-14-13-23(28)27(22)16-18-8-10-20(25)11-9-18/h2-12,15H,13-14,16H2,1H3. The van der Waals surface area contributed by atoms with Gasteiger partial charge >= 0.3 is 0 Å². The average Bonchev–Trinajstić information content (AvgIpc) is 2.71. The normalized spacial score (nSPS) is 14.1. The van der Waals surface area contributed by atoms with Crippen LogP contribution < -0.4 is 4.90 Å². The van der Waals surface area contributed by atoms with Crippen molar-refractivity contribution in [3.8, 4) is 0 Å². The van der Waals surface area contributed by atoms with Crippen LogP contribution in [0.3, 0.4) is 0 Å². The average molecular weight is 389 g/mol. The molecule has 4 rings (SSSR count). The van der Waals surface area contributed by atoms with Crippen LogP contribution in [0.1, 0.15) is 28.7 Å². The van der Waals surface area contributed by atoms with Crippen LogP contribution in [0.4, 0.5) is 5.69 Å². The minimum Gasteiger partial charge on any atom is -0.307 e. The van der Waals surface area contributed by atoms with Crippen LogP contribution in [0.5, 0.6) is 0 Å². The van der Waals surface area contributed by atoms with E-state index in [0.717, 1.165) is 33.7 Å². The van der Waals surface area contributed by atoms with Crippen molar-refractivity contribution in [3.63, 3.8) is 0 Å². The predicted molar refractivity (Wildman–Crippen MR) is 115 cm³/mol. The Balaban J connectivity index is 1.82. The van der Waals surface area contributed by atoms with E-state index in [4.69, 9.17) is 16.6 Å². The Kier molecular flexibility index (Phi) is 5.27. The summed E-state index contributed by atoms with van der Waals surface area (Å²) >= 11 is 6.02. The number of anilines is 1. The second-order valence-corrected chi connectivity index (χ2v) is 7.41. The number of carbonyl (C=O) groups is 1. The van der Waals surface area contributed by atoms with Crippen molar-refractivity contribution in [2.24, 2.45) is 4.99 Å². The minimum atomic E-state index is 0.0796. The Morgan fingerprint density at radius 3 is 2.50 bits per heavy atom. The summed E-state index contributed by atoms with van der Waals surface area (Å²) in [4.78, 5) is 19.6. The second-order valence-electron chi connectivity index (χ2n) is 6.97. The monoisotopic (exact) mass is 388 g/mol. The predicted octanol–water partition coefficient (Wildman–Crippen LogP) is 5.42. The van der Waals surface area contributed by atoms with Crippen LogP contribution in [0.2, 0.25) is 5.02 Å². The van der Waals surface area contributed by atoms with E-state index < -0.39 is 0 Å². The molecule has 3 nitrogen and oxygen atoms in total. The van der Waals surface area contributed by atoms with Gasteiger partial charge in [0.1, 0.15) is 0 Å². The van der Waals surface area contributed by atoms with Crippen LogP contribution in [-0.4, -0.2) is 18.2 Å². The maximum absolute atomic E-state index is 13.0. The maximum Gasteiger partial charge on any atom is 0.229 e. The highest BCUT2D eigenvalue weighted by Crippen LogP contribution is 2.29. The van der Waals surface area contributed by atoms with Gasteiger partial charge in [0.15, 0.2) is 0 Å². The maximum atomic E-state index is 13.0. The highest BCUT2D eigenvalue weighted by atomic mass is 35.5. The molecule has 0 bridgehead atoms. The number of aliphatic imine (C=N–C) groups is 1. The number of halogens is 1. The lowest BCUT2D eigenvalue weighted by Crippen LogP contribution is -2.33. The van der Waals surface area contributed by atoms with Gasteiger partial charge in [-0.25, -0.2) is 0 Å². The third kappa shape index (κ3) is 3.85. The fraction of sp³-hybridized carbons (Fsp3) is 0.167. The highest BCUT2D eigenvalue weighted by Gasteiger charge is 2.24. The molecule has 0 N–H and O–H groups in total. The lowest BCUT2D eigenvalue weighted by molar-refractivity contribution is -0.118. The molecule has 0 spiro atoms. The largest absolute Gasteiger partial charge is 0.307 e. The van der Waals surface area contributed by atoms with Crippen molar-refractivity contribution in [2.45, 2.75) is 19.9 Å². The molecule has 4 heteroatoms. The molecule has 3 aromatic rings. The van der Waals surface area contributed by atoms with Crippen LogP contribution in [0, 0.1) is 6.92 Å². The lowest BCUT2D eigenvalue weighted by atomic mass is 9.96. The van der Waals surface area contributed by atoms with Gasteiger partial charge in [0, 0.05) is 29.1 Å². The summed E-state index contributed by atoms with van der Waals surface area (Å²) < 4.78 is 0. The van der Waals surface area contributed by atoms with Gasteiger partial charge < -0.3 is 4.90 Å². The second kappa shape index (κ2) is 7.99. The van der Waals surface area contributed by atoms with Gasteiger partial charge in [-0.15, -0.1) is 0 Å². The zero-order chi connectivity index (χ0) is 19.5. The van der Waals surface area contributed by atoms with E-state index in [9.17, 15) is 4.79 Å². The fourth-order valence-corrected chi connectivity index (χ4v) is 3.61. The van der Waals surface area contributed by atoms with E-state index in [1.165, 1.54) is 0 Å². The fourth-order valence-electron chi connectivity index (χ4n) is 3.48. The van der Waals surface area contributed by atoms with Gasteiger partial charge in [-0.1, -0.05) is 65.7 Å². The Morgan fingerprint density at radius 2 is 1.75 bits per heavy atom. The van der Waals surface area contributed by atoms with Crippen molar-refractivity contribution in [3.05, 3.63) is 100 Å². The zero-order valence-corrected chi connectivity index (χ0v) is 16.5. The summed E-state index contributed by atoms with van der Waals surface area (Å²) in [6.45, 7) is 3.05. The van der Waals surface area contributed by atoms with Crippen LogP contribution in [0.15, 0.2) is 77.8 Å². The number of carbonyl (C=O) groups excluding carboxylic acids is 1. The molecule has 0 saturated heterocycles. The summed E-state index contributed by atoms with van der Waals surface area (Å²) in [5.74, 6) is 0.0796. The van der Waals surface area contributed by atoms with E-state index in [1.54, 1.807) is 0 Å². The van der Waals surface area contributed by atoms with Crippen molar-refractivity contribution in [2.75, 3.05) is 11.4 Å². The Hall–Kier alpha value is -2.91. The van der Waals surface area contributed by atoms with E-state index >= 15 is 0 Å². The first kappa shape index (κ1) is 18.5. The first-order valence-electron chi connectivity index (χ1n) is 9.37. The number of amides is 1. The molecule has 0 fully saturated rings. The van der Waals surface area contributed by atoms with Crippen molar-refractivity contribution < 1.29 is 4.79 Å². The first-order chi connectivity index (χ1) is 13.6. The Labute approximate surface area is 170 Å². The number of rotatable bonds is 3. The molecule has 0 aromatic heterocycles. The zero-order valence-electron chi connectivity index (χ0n) is 15.7. The van der Waals surface area contributed by atoms with E-state index in [0.29, 0.717) is 24.5 Å². The molecule has 1 amide bonds. The molecule has 28 heavy (non-hydrogen) atoms. The summed E-state index contributed by atoms with van der Waals surface area (Å²) in [5.41, 5.74) is 6.08. The molecule has 3 aromatic carbocycles. The first-order valence-corrected chi connectivity index (χ1v) is 9.75. The van der Waals surface area contributed by atoms with Gasteiger partial charge in [-0.05, 0) is 36.8 Å². The molecule has 0 radical (unpaired) electrons. The van der Waals surface area contributed by atoms with E-state index in [-0.39, 0.29) is 5.91 Å². The number of nitrogens with zero attached hydrogens (tertiary/aromatic N) is 2. The molecule has 0 aliphatic carbocycles. The van der Waals surface area contributed by atoms with Crippen LogP contribution >= 0.6 is 11.6 Å². The Bertz CT molecular complexity index is 1030. The van der Waals surface area contributed by atoms with E-state index in [2.05, 4.69) is 25.1 Å². The Morgan fingerprint density at radius 1 is 1.00 bits per heavy atom. The summed E-state index contributed by atoms with van der Waals surface area (Å²) in [6, 6.07) is 24.0. The molecule has 0 saturated carbocycles. The van der Waals surface area contributed by atoms with Gasteiger partial charge in [0.25, 0.3) is 0 Å². The van der Waals surface area contributed by atoms with Gasteiger partial charge in [-0.2, -0.15) is 0 Å². The molecule has 1 aliphatic heterocycles. The number of hydrogen-bond acceptors (Lipinski definition) is 2. The van der Waals surface area contributed by atoms with E-state index in [1.807, 2.05) is 59.5 Å². The third-order valence-corrected chi connectivity index (χ3v) is 5.15. The molecule has 1 heterocycles. The van der Waals surface area contributed by atoms with Gasteiger partial charge in [0.05, 0.1) is 17.9 Å². The van der Waals surface area contributed by atoms with Crippen LogP contribution in [0.25, 0.3) is 0 Å². The SMILES string of the molecule is Cc1ccc2c(c1)C(c1ccccc1)=NCCC(=O)N2Cc1ccc(Cl)cc1. The number of fused-ring (bicyclic) bond motifs is 1. The lowest BCUT2D eigenvalue weighted by Gasteiger charge is -2.28. The third-order valence-electron chi connectivity index (χ3n) is 4.90. The summed E-state index contributed by atoms with van der Waals surface area (Å²) in [7, 11) is 0. The summed E-state index contributed by atoms with van der Waals surface area (Å²) in [5, 5.41) is 0.692. The van der Waals surface area contributed by atoms with Crippen molar-refractivity contribution in [1.29, 1.82) is 0 Å². The van der Waals surface area contributed by atoms with Gasteiger partial charge in [0.2, 0.25) is 5.91 Å². The number of aryl methyl sites for hydroxylation is 1. The van der Waals surface area contributed by atoms with Crippen molar-refractivity contribution >= 4 is 28.9 Å². The molecular weight excluding hydrogens is 368 g/mol. The molecule has 0 atom stereocenters. The molecule has 1 aliphatic rings. The quantitative estimate of drug-likeness (QED) is 0.589. The molecule has 140 valence electrons. The highest BCUT2D eigenvalue weighted by molar-refractivity contribution is 6.30. The number of benzene rings is 3. The number of hydrogen-bond donors (Lipinski definition) is 0. The summed E-state index contributed by atoms with van der Waals surface area (Å²) in [6.07, 6.45) is 0.386.